The molecule has 1 aliphatic rings. The topological polar surface area (TPSA) is 40.6 Å². The van der Waals surface area contributed by atoms with Gasteiger partial charge in [-0.05, 0) is 31.4 Å². The molecule has 0 aliphatic carbocycles. The minimum atomic E-state index is -0.204. The Kier molecular flexibility index (Phi) is 6.20. The van der Waals surface area contributed by atoms with Gasteiger partial charge in [0.2, 0.25) is 11.8 Å². The molecule has 0 spiro atoms. The molecule has 4 nitrogen and oxygen atoms in total. The van der Waals surface area contributed by atoms with Crippen molar-refractivity contribution in [2.45, 2.75) is 46.5 Å². The maximum atomic E-state index is 12.7. The van der Waals surface area contributed by atoms with Crippen LogP contribution >= 0.6 is 0 Å². The third-order valence-corrected chi connectivity index (χ3v) is 4.61. The molecule has 1 atom stereocenters. The Balaban J connectivity index is 2.11. The predicted molar refractivity (Wildman–Crippen MR) is 93.4 cm³/mol. The molecule has 1 saturated heterocycles. The van der Waals surface area contributed by atoms with Gasteiger partial charge in [0.1, 0.15) is 0 Å². The van der Waals surface area contributed by atoms with Crippen LogP contribution in [0.15, 0.2) is 24.3 Å². The molecule has 23 heavy (non-hydrogen) atoms. The Morgan fingerprint density at radius 2 is 2.00 bits per heavy atom. The maximum absolute atomic E-state index is 12.7. The summed E-state index contributed by atoms with van der Waals surface area (Å²) in [5, 5.41) is 0. The lowest BCUT2D eigenvalue weighted by atomic mass is 10.1. The van der Waals surface area contributed by atoms with Crippen molar-refractivity contribution in [1.82, 2.24) is 4.90 Å². The van der Waals surface area contributed by atoms with Crippen LogP contribution in [0, 0.1) is 5.92 Å². The zero-order valence-corrected chi connectivity index (χ0v) is 14.5. The number of benzene rings is 1. The van der Waals surface area contributed by atoms with Crippen LogP contribution in [0.1, 0.15) is 45.6 Å². The molecule has 0 radical (unpaired) electrons. The van der Waals surface area contributed by atoms with Crippen LogP contribution in [0.3, 0.4) is 0 Å². The summed E-state index contributed by atoms with van der Waals surface area (Å²) in [5.41, 5.74) is 2.12. The highest BCUT2D eigenvalue weighted by molar-refractivity contribution is 6.00. The number of amides is 2. The third-order valence-electron chi connectivity index (χ3n) is 4.61. The summed E-state index contributed by atoms with van der Waals surface area (Å²) in [6, 6.07) is 7.99. The van der Waals surface area contributed by atoms with Gasteiger partial charge in [-0.25, -0.2) is 0 Å². The van der Waals surface area contributed by atoms with Gasteiger partial charge in [0, 0.05) is 31.7 Å². The second-order valence-corrected chi connectivity index (χ2v) is 6.16. The summed E-state index contributed by atoms with van der Waals surface area (Å²) in [4.78, 5) is 28.8. The quantitative estimate of drug-likeness (QED) is 0.775. The van der Waals surface area contributed by atoms with Crippen molar-refractivity contribution < 1.29 is 9.59 Å². The molecule has 0 bridgehead atoms. The van der Waals surface area contributed by atoms with E-state index in [2.05, 4.69) is 19.9 Å². The largest absolute Gasteiger partial charge is 0.343 e. The van der Waals surface area contributed by atoms with Crippen molar-refractivity contribution in [3.63, 3.8) is 0 Å². The normalized spacial score (nSPS) is 17.6. The SMILES string of the molecule is CCCCN(CC)C(=O)C1CC(=O)N(c2ccccc2CC)C1. The van der Waals surface area contributed by atoms with Crippen LogP contribution in [-0.4, -0.2) is 36.3 Å². The zero-order chi connectivity index (χ0) is 16.8. The Morgan fingerprint density at radius 1 is 1.26 bits per heavy atom. The van der Waals surface area contributed by atoms with E-state index in [1.165, 1.54) is 0 Å². The molecule has 126 valence electrons. The Hall–Kier alpha value is -1.84. The molecular formula is C19H28N2O2. The van der Waals surface area contributed by atoms with E-state index < -0.39 is 0 Å². The molecule has 2 amide bonds. The maximum Gasteiger partial charge on any atom is 0.228 e. The molecule has 1 aromatic carbocycles. The summed E-state index contributed by atoms with van der Waals surface area (Å²) in [6.07, 6.45) is 3.31. The third kappa shape index (κ3) is 3.92. The van der Waals surface area contributed by atoms with E-state index in [1.807, 2.05) is 30.0 Å². The minimum Gasteiger partial charge on any atom is -0.343 e. The molecule has 0 saturated carbocycles. The molecule has 1 fully saturated rings. The van der Waals surface area contributed by atoms with Crippen LogP contribution in [0.4, 0.5) is 5.69 Å². The first kappa shape index (κ1) is 17.5. The molecule has 1 aliphatic heterocycles. The highest BCUT2D eigenvalue weighted by atomic mass is 16.2. The average molecular weight is 316 g/mol. The Morgan fingerprint density at radius 3 is 2.65 bits per heavy atom. The summed E-state index contributed by atoms with van der Waals surface area (Å²) in [5.74, 6) is -0.00853. The number of para-hydroxylation sites is 1. The number of aryl methyl sites for hydroxylation is 1. The van der Waals surface area contributed by atoms with E-state index in [4.69, 9.17) is 0 Å². The van der Waals surface area contributed by atoms with Gasteiger partial charge in [-0.15, -0.1) is 0 Å². The van der Waals surface area contributed by atoms with Crippen molar-refractivity contribution in [2.75, 3.05) is 24.5 Å². The lowest BCUT2D eigenvalue weighted by Crippen LogP contribution is -2.38. The minimum absolute atomic E-state index is 0.0656. The van der Waals surface area contributed by atoms with Crippen LogP contribution in [-0.2, 0) is 16.0 Å². The number of hydrogen-bond donors (Lipinski definition) is 0. The van der Waals surface area contributed by atoms with E-state index in [-0.39, 0.29) is 17.7 Å². The van der Waals surface area contributed by atoms with E-state index in [1.54, 1.807) is 4.90 Å². The highest BCUT2D eigenvalue weighted by Gasteiger charge is 2.37. The predicted octanol–water partition coefficient (Wildman–Crippen LogP) is 3.25. The summed E-state index contributed by atoms with van der Waals surface area (Å²) in [7, 11) is 0. The number of nitrogens with zero attached hydrogens (tertiary/aromatic N) is 2. The molecule has 1 aromatic rings. The molecule has 0 N–H and O–H groups in total. The number of rotatable bonds is 7. The first-order valence-electron chi connectivity index (χ1n) is 8.79. The van der Waals surface area contributed by atoms with Crippen LogP contribution in [0.5, 0.6) is 0 Å². The summed E-state index contributed by atoms with van der Waals surface area (Å²) >= 11 is 0. The van der Waals surface area contributed by atoms with Gasteiger partial charge in [-0.3, -0.25) is 9.59 Å². The first-order valence-corrected chi connectivity index (χ1v) is 8.79. The van der Waals surface area contributed by atoms with Gasteiger partial charge < -0.3 is 9.80 Å². The van der Waals surface area contributed by atoms with Crippen molar-refractivity contribution in [2.24, 2.45) is 5.92 Å². The fourth-order valence-corrected chi connectivity index (χ4v) is 3.21. The molecule has 0 aromatic heterocycles. The second-order valence-electron chi connectivity index (χ2n) is 6.16. The number of hydrogen-bond acceptors (Lipinski definition) is 2. The lowest BCUT2D eigenvalue weighted by molar-refractivity contribution is -0.135. The monoisotopic (exact) mass is 316 g/mol. The molecule has 4 heteroatoms. The number of carbonyl (C=O) groups is 2. The van der Waals surface area contributed by atoms with Crippen LogP contribution in [0.2, 0.25) is 0 Å². The first-order chi connectivity index (χ1) is 11.1. The van der Waals surface area contributed by atoms with Crippen molar-refractivity contribution in [1.29, 1.82) is 0 Å². The highest BCUT2D eigenvalue weighted by Crippen LogP contribution is 2.29. The lowest BCUT2D eigenvalue weighted by Gasteiger charge is -2.24. The summed E-state index contributed by atoms with van der Waals surface area (Å²) in [6.45, 7) is 8.25. The van der Waals surface area contributed by atoms with Gasteiger partial charge in [-0.2, -0.15) is 0 Å². The molecular weight excluding hydrogens is 288 g/mol. The summed E-state index contributed by atoms with van der Waals surface area (Å²) < 4.78 is 0. The van der Waals surface area contributed by atoms with Crippen molar-refractivity contribution in [3.05, 3.63) is 29.8 Å². The molecule has 2 rings (SSSR count). The van der Waals surface area contributed by atoms with E-state index >= 15 is 0 Å². The van der Waals surface area contributed by atoms with Crippen LogP contribution in [0.25, 0.3) is 0 Å². The number of unbranched alkanes of at least 4 members (excludes halogenated alkanes) is 1. The van der Waals surface area contributed by atoms with E-state index in [0.29, 0.717) is 13.0 Å². The van der Waals surface area contributed by atoms with Gasteiger partial charge in [0.15, 0.2) is 0 Å². The smallest absolute Gasteiger partial charge is 0.228 e. The average Bonchev–Trinajstić information content (AvgIpc) is 2.97. The van der Waals surface area contributed by atoms with Gasteiger partial charge in [0.25, 0.3) is 0 Å². The Labute approximate surface area is 139 Å². The standard InChI is InChI=1S/C19H28N2O2/c1-4-7-12-20(6-3)19(23)16-13-18(22)21(14-16)17-11-9-8-10-15(17)5-2/h8-11,16H,4-7,12-14H2,1-3H3. The zero-order valence-electron chi connectivity index (χ0n) is 14.5. The van der Waals surface area contributed by atoms with Gasteiger partial charge >= 0.3 is 0 Å². The van der Waals surface area contributed by atoms with Gasteiger partial charge in [-0.1, -0.05) is 38.5 Å². The fraction of sp³-hybridized carbons (Fsp3) is 0.579. The second kappa shape index (κ2) is 8.14. The van der Waals surface area contributed by atoms with Crippen molar-refractivity contribution in [3.8, 4) is 0 Å². The van der Waals surface area contributed by atoms with E-state index in [0.717, 1.165) is 43.6 Å². The van der Waals surface area contributed by atoms with E-state index in [9.17, 15) is 9.59 Å². The van der Waals surface area contributed by atoms with Crippen molar-refractivity contribution >= 4 is 17.5 Å². The fourth-order valence-electron chi connectivity index (χ4n) is 3.21. The van der Waals surface area contributed by atoms with Gasteiger partial charge in [0.05, 0.1) is 5.92 Å². The molecule has 1 heterocycles. The Bertz CT molecular complexity index is 556. The molecule has 1 unspecified atom stereocenters. The number of anilines is 1. The van der Waals surface area contributed by atoms with Crippen LogP contribution < -0.4 is 4.90 Å². The number of carbonyl (C=O) groups excluding carboxylic acids is 2.